The third-order valence-corrected chi connectivity index (χ3v) is 4.23. The molecule has 2 amide bonds. The first kappa shape index (κ1) is 20.0. The zero-order chi connectivity index (χ0) is 21.1. The molecule has 1 heterocycles. The second kappa shape index (κ2) is 8.09. The standard InChI is InChI=1S/C20H16F2N2O5/c1-28-14-2-3-15-10(7-18(25)29-17(15)9-14)6-16(19(23)26)24-20(27)11-4-12(21)8-13(22)5-11/h2-5,7-9,16H,6H2,1H3,(H2,23,26)(H,24,27)/t16-/m1/s1. The Morgan fingerprint density at radius 1 is 1.14 bits per heavy atom. The van der Waals surface area contributed by atoms with Crippen LogP contribution in [0.3, 0.4) is 0 Å². The maximum Gasteiger partial charge on any atom is 0.336 e. The van der Waals surface area contributed by atoms with E-state index in [9.17, 15) is 23.2 Å². The van der Waals surface area contributed by atoms with E-state index in [0.717, 1.165) is 12.1 Å². The molecule has 0 aliphatic heterocycles. The van der Waals surface area contributed by atoms with Crippen LogP contribution in [0.4, 0.5) is 8.78 Å². The van der Waals surface area contributed by atoms with Crippen LogP contribution in [0.15, 0.2) is 51.7 Å². The topological polar surface area (TPSA) is 112 Å². The van der Waals surface area contributed by atoms with Gasteiger partial charge in [-0.3, -0.25) is 9.59 Å². The van der Waals surface area contributed by atoms with Gasteiger partial charge in [0.25, 0.3) is 5.91 Å². The normalized spacial score (nSPS) is 11.8. The molecule has 0 saturated heterocycles. The molecule has 150 valence electrons. The number of rotatable bonds is 6. The smallest absolute Gasteiger partial charge is 0.336 e. The third-order valence-electron chi connectivity index (χ3n) is 4.23. The molecule has 7 nitrogen and oxygen atoms in total. The van der Waals surface area contributed by atoms with Crippen LogP contribution in [0.1, 0.15) is 15.9 Å². The molecule has 29 heavy (non-hydrogen) atoms. The Morgan fingerprint density at radius 3 is 2.45 bits per heavy atom. The minimum Gasteiger partial charge on any atom is -0.497 e. The van der Waals surface area contributed by atoms with Crippen LogP contribution in [0.5, 0.6) is 5.75 Å². The Morgan fingerprint density at radius 2 is 1.83 bits per heavy atom. The molecule has 0 aliphatic carbocycles. The quantitative estimate of drug-likeness (QED) is 0.612. The Bertz CT molecular complexity index is 1140. The number of carbonyl (C=O) groups excluding carboxylic acids is 2. The molecule has 0 aliphatic rings. The van der Waals surface area contributed by atoms with Crippen molar-refractivity contribution in [2.45, 2.75) is 12.5 Å². The Balaban J connectivity index is 1.92. The lowest BCUT2D eigenvalue weighted by atomic mass is 10.0. The second-order valence-electron chi connectivity index (χ2n) is 6.24. The zero-order valence-corrected chi connectivity index (χ0v) is 15.2. The Labute approximate surface area is 163 Å². The van der Waals surface area contributed by atoms with E-state index in [1.54, 1.807) is 12.1 Å². The molecule has 1 atom stereocenters. The van der Waals surface area contributed by atoms with E-state index in [4.69, 9.17) is 14.9 Å². The van der Waals surface area contributed by atoms with Crippen LogP contribution in [-0.2, 0) is 11.2 Å². The number of methoxy groups -OCH3 is 1. The first-order chi connectivity index (χ1) is 13.8. The molecule has 0 fully saturated rings. The molecule has 0 unspecified atom stereocenters. The third kappa shape index (κ3) is 4.57. The summed E-state index contributed by atoms with van der Waals surface area (Å²) in [6.45, 7) is 0. The predicted octanol–water partition coefficient (Wildman–Crippen LogP) is 1.91. The highest BCUT2D eigenvalue weighted by Gasteiger charge is 2.22. The first-order valence-corrected chi connectivity index (χ1v) is 8.44. The number of hydrogen-bond donors (Lipinski definition) is 2. The van der Waals surface area contributed by atoms with Gasteiger partial charge in [-0.1, -0.05) is 0 Å². The molecule has 3 rings (SSSR count). The van der Waals surface area contributed by atoms with Crippen molar-refractivity contribution in [3.63, 3.8) is 0 Å². The van der Waals surface area contributed by atoms with E-state index in [-0.39, 0.29) is 17.6 Å². The molecular formula is C20H16F2N2O5. The van der Waals surface area contributed by atoms with Gasteiger partial charge in [-0.2, -0.15) is 0 Å². The fourth-order valence-electron chi connectivity index (χ4n) is 2.88. The highest BCUT2D eigenvalue weighted by molar-refractivity contribution is 5.97. The number of nitrogens with one attached hydrogen (secondary N) is 1. The highest BCUT2D eigenvalue weighted by atomic mass is 19.1. The first-order valence-electron chi connectivity index (χ1n) is 8.44. The molecule has 0 spiro atoms. The maximum atomic E-state index is 13.3. The maximum absolute atomic E-state index is 13.3. The number of ether oxygens (including phenoxy) is 1. The van der Waals surface area contributed by atoms with Gasteiger partial charge in [0.2, 0.25) is 5.91 Å². The number of nitrogens with two attached hydrogens (primary N) is 1. The molecular weight excluding hydrogens is 386 g/mol. The molecule has 3 aromatic rings. The van der Waals surface area contributed by atoms with E-state index in [0.29, 0.717) is 22.8 Å². The van der Waals surface area contributed by atoms with Gasteiger partial charge in [-0.25, -0.2) is 13.6 Å². The van der Waals surface area contributed by atoms with Crippen LogP contribution < -0.4 is 21.4 Å². The van der Waals surface area contributed by atoms with Gasteiger partial charge in [0, 0.05) is 35.6 Å². The summed E-state index contributed by atoms with van der Waals surface area (Å²) in [4.78, 5) is 36.1. The van der Waals surface area contributed by atoms with Crippen LogP contribution in [0.25, 0.3) is 11.0 Å². The van der Waals surface area contributed by atoms with Crippen molar-refractivity contribution in [3.05, 3.63) is 75.6 Å². The lowest BCUT2D eigenvalue weighted by Gasteiger charge is -2.16. The summed E-state index contributed by atoms with van der Waals surface area (Å²) in [6.07, 6.45) is -0.132. The zero-order valence-electron chi connectivity index (χ0n) is 15.2. The number of benzene rings is 2. The van der Waals surface area contributed by atoms with Crippen molar-refractivity contribution in [2.24, 2.45) is 5.73 Å². The lowest BCUT2D eigenvalue weighted by Crippen LogP contribution is -2.46. The minimum atomic E-state index is -1.24. The SMILES string of the molecule is COc1ccc2c(C[C@@H](NC(=O)c3cc(F)cc(F)c3)C(N)=O)cc(=O)oc2c1. The predicted molar refractivity (Wildman–Crippen MR) is 99.5 cm³/mol. The highest BCUT2D eigenvalue weighted by Crippen LogP contribution is 2.23. The van der Waals surface area contributed by atoms with Gasteiger partial charge in [0.1, 0.15) is 29.0 Å². The number of fused-ring (bicyclic) bond motifs is 1. The van der Waals surface area contributed by atoms with Crippen LogP contribution in [-0.4, -0.2) is 25.0 Å². The van der Waals surface area contributed by atoms with Gasteiger partial charge in [0.15, 0.2) is 0 Å². The van der Waals surface area contributed by atoms with Gasteiger partial charge in [-0.05, 0) is 29.8 Å². The summed E-state index contributed by atoms with van der Waals surface area (Å²) in [5, 5.41) is 2.85. The summed E-state index contributed by atoms with van der Waals surface area (Å²) in [7, 11) is 1.46. The summed E-state index contributed by atoms with van der Waals surface area (Å²) >= 11 is 0. The molecule has 0 saturated carbocycles. The Kier molecular flexibility index (Phi) is 5.58. The van der Waals surface area contributed by atoms with Gasteiger partial charge in [0.05, 0.1) is 7.11 Å². The van der Waals surface area contributed by atoms with Crippen molar-refractivity contribution in [1.29, 1.82) is 0 Å². The monoisotopic (exact) mass is 402 g/mol. The van der Waals surface area contributed by atoms with Crippen molar-refractivity contribution in [3.8, 4) is 5.75 Å². The molecule has 2 aromatic carbocycles. The fraction of sp³-hybridized carbons (Fsp3) is 0.150. The van der Waals surface area contributed by atoms with E-state index >= 15 is 0 Å². The Hall–Kier alpha value is -3.75. The second-order valence-corrected chi connectivity index (χ2v) is 6.24. The van der Waals surface area contributed by atoms with Gasteiger partial charge in [-0.15, -0.1) is 0 Å². The summed E-state index contributed by atoms with van der Waals surface area (Å²) in [5.74, 6) is -3.19. The van der Waals surface area contributed by atoms with Crippen LogP contribution >= 0.6 is 0 Å². The summed E-state index contributed by atoms with van der Waals surface area (Å²) < 4.78 is 36.9. The number of primary amides is 1. The minimum absolute atomic E-state index is 0.132. The number of amides is 2. The van der Waals surface area contributed by atoms with Crippen molar-refractivity contribution >= 4 is 22.8 Å². The fourth-order valence-corrected chi connectivity index (χ4v) is 2.88. The molecule has 9 heteroatoms. The van der Waals surface area contributed by atoms with E-state index in [2.05, 4.69) is 5.32 Å². The lowest BCUT2D eigenvalue weighted by molar-refractivity contribution is -0.119. The summed E-state index contributed by atoms with van der Waals surface area (Å²) in [5.41, 5.74) is 5.03. The van der Waals surface area contributed by atoms with Gasteiger partial charge < -0.3 is 20.2 Å². The number of carbonyl (C=O) groups is 2. The van der Waals surface area contributed by atoms with Crippen LogP contribution in [0.2, 0.25) is 0 Å². The van der Waals surface area contributed by atoms with Crippen LogP contribution in [0, 0.1) is 11.6 Å². The average Bonchev–Trinajstić information content (AvgIpc) is 2.65. The molecule has 3 N–H and O–H groups in total. The van der Waals surface area contributed by atoms with Crippen molar-refractivity contribution in [2.75, 3.05) is 7.11 Å². The summed E-state index contributed by atoms with van der Waals surface area (Å²) in [6, 6.07) is 7.00. The molecule has 0 radical (unpaired) electrons. The molecule has 1 aromatic heterocycles. The van der Waals surface area contributed by atoms with Gasteiger partial charge >= 0.3 is 5.63 Å². The average molecular weight is 402 g/mol. The number of hydrogen-bond acceptors (Lipinski definition) is 5. The van der Waals surface area contributed by atoms with E-state index in [1.807, 2.05) is 0 Å². The van der Waals surface area contributed by atoms with E-state index < -0.39 is 35.1 Å². The number of halogens is 2. The van der Waals surface area contributed by atoms with E-state index in [1.165, 1.54) is 19.2 Å². The van der Waals surface area contributed by atoms with Crippen molar-refractivity contribution in [1.82, 2.24) is 5.32 Å². The largest absolute Gasteiger partial charge is 0.497 e. The van der Waals surface area contributed by atoms with Crippen molar-refractivity contribution < 1.29 is 27.5 Å². The molecule has 0 bridgehead atoms.